The molecule has 0 aliphatic carbocycles. The number of thioether (sulfide) groups is 1. The molecule has 9 heteroatoms. The summed E-state index contributed by atoms with van der Waals surface area (Å²) in [5.41, 5.74) is 5.05. The van der Waals surface area contributed by atoms with Crippen LogP contribution < -0.4 is 11.1 Å². The lowest BCUT2D eigenvalue weighted by Gasteiger charge is -2.39. The maximum atomic E-state index is 12.2. The van der Waals surface area contributed by atoms with Crippen LogP contribution in [0.2, 0.25) is 0 Å². The third kappa shape index (κ3) is 11.6. The molecule has 0 bridgehead atoms. The van der Waals surface area contributed by atoms with E-state index < -0.39 is 42.5 Å². The number of hydrogen-bond donors (Lipinski definition) is 6. The van der Waals surface area contributed by atoms with Crippen molar-refractivity contribution in [1.82, 2.24) is 5.32 Å². The third-order valence-electron chi connectivity index (χ3n) is 5.95. The highest BCUT2D eigenvalue weighted by Crippen LogP contribution is 2.28. The van der Waals surface area contributed by atoms with Crippen LogP contribution in [0.4, 0.5) is 0 Å². The minimum atomic E-state index is -1.42. The smallest absolute Gasteiger partial charge is 0.237 e. The van der Waals surface area contributed by atoms with E-state index in [9.17, 15) is 25.2 Å². The van der Waals surface area contributed by atoms with Gasteiger partial charge >= 0.3 is 0 Å². The van der Waals surface area contributed by atoms with E-state index in [1.165, 1.54) is 64.2 Å². The standard InChI is InChI=1S/C23H46N2O6S/c1-2-3-4-5-6-7-8-9-10-11-12-13-14-25-22(30)17(24)16-32-23-21(29)20(28)19(27)18(15-26)31-23/h17-21,23,26-29H,2-16,24H2,1H3,(H,25,30)/t17-,18+,19-,20-,21+,23-/m0/s1. The zero-order valence-electron chi connectivity index (χ0n) is 19.7. The quantitative estimate of drug-likeness (QED) is 0.163. The van der Waals surface area contributed by atoms with Crippen molar-refractivity contribution in [2.24, 2.45) is 5.73 Å². The number of ether oxygens (including phenoxy) is 1. The van der Waals surface area contributed by atoms with Gasteiger partial charge in [0, 0.05) is 12.3 Å². The zero-order valence-corrected chi connectivity index (χ0v) is 20.5. The maximum absolute atomic E-state index is 12.2. The molecule has 1 amide bonds. The lowest BCUT2D eigenvalue weighted by molar-refractivity contribution is -0.205. The van der Waals surface area contributed by atoms with E-state index in [4.69, 9.17) is 10.5 Å². The van der Waals surface area contributed by atoms with Crippen LogP contribution in [0.3, 0.4) is 0 Å². The molecule has 1 fully saturated rings. The summed E-state index contributed by atoms with van der Waals surface area (Å²) >= 11 is 1.09. The summed E-state index contributed by atoms with van der Waals surface area (Å²) in [6.45, 7) is 2.36. The molecule has 1 aliphatic heterocycles. The molecule has 8 nitrogen and oxygen atoms in total. The van der Waals surface area contributed by atoms with E-state index in [0.29, 0.717) is 6.54 Å². The Kier molecular flexibility index (Phi) is 16.6. The fraction of sp³-hybridized carbons (Fsp3) is 0.957. The molecular formula is C23H46N2O6S. The Morgan fingerprint density at radius 1 is 0.906 bits per heavy atom. The number of carbonyl (C=O) groups excluding carboxylic acids is 1. The van der Waals surface area contributed by atoms with E-state index in [2.05, 4.69) is 12.2 Å². The van der Waals surface area contributed by atoms with Crippen LogP contribution in [0.1, 0.15) is 84.0 Å². The number of nitrogens with one attached hydrogen (secondary N) is 1. The van der Waals surface area contributed by atoms with Crippen LogP contribution >= 0.6 is 11.8 Å². The number of amides is 1. The molecule has 0 aromatic rings. The number of aliphatic hydroxyl groups excluding tert-OH is 4. The van der Waals surface area contributed by atoms with Gasteiger partial charge in [-0.25, -0.2) is 0 Å². The summed E-state index contributed by atoms with van der Waals surface area (Å²) in [6.07, 6.45) is 10.1. The topological polar surface area (TPSA) is 145 Å². The van der Waals surface area contributed by atoms with Gasteiger partial charge in [0.2, 0.25) is 5.91 Å². The fourth-order valence-corrected chi connectivity index (χ4v) is 4.92. The lowest BCUT2D eigenvalue weighted by Crippen LogP contribution is -2.57. The van der Waals surface area contributed by atoms with Crippen molar-refractivity contribution in [2.45, 2.75) is 120 Å². The van der Waals surface area contributed by atoms with Crippen molar-refractivity contribution >= 4 is 17.7 Å². The molecule has 0 unspecified atom stereocenters. The highest BCUT2D eigenvalue weighted by Gasteiger charge is 2.43. The van der Waals surface area contributed by atoms with E-state index in [-0.39, 0.29) is 11.7 Å². The lowest BCUT2D eigenvalue weighted by atomic mass is 10.0. The van der Waals surface area contributed by atoms with Crippen LogP contribution in [0, 0.1) is 0 Å². The van der Waals surface area contributed by atoms with Gasteiger partial charge in [-0.3, -0.25) is 4.79 Å². The number of aliphatic hydroxyl groups is 4. The Bertz CT molecular complexity index is 485. The van der Waals surface area contributed by atoms with Crippen LogP contribution in [-0.4, -0.2) is 81.1 Å². The highest BCUT2D eigenvalue weighted by atomic mass is 32.2. The summed E-state index contributed by atoms with van der Waals surface area (Å²) in [5, 5.41) is 41.7. The summed E-state index contributed by atoms with van der Waals surface area (Å²) in [4.78, 5) is 12.2. The molecule has 0 saturated carbocycles. The Morgan fingerprint density at radius 3 is 1.97 bits per heavy atom. The minimum absolute atomic E-state index is 0.187. The van der Waals surface area contributed by atoms with Gasteiger partial charge in [0.15, 0.2) is 0 Å². The maximum Gasteiger partial charge on any atom is 0.237 e. The Morgan fingerprint density at radius 2 is 1.44 bits per heavy atom. The highest BCUT2D eigenvalue weighted by molar-refractivity contribution is 7.99. The Hall–Kier alpha value is -0.420. The molecule has 1 saturated heterocycles. The Balaban J connectivity index is 2.04. The van der Waals surface area contributed by atoms with Crippen LogP contribution in [0.5, 0.6) is 0 Å². The first-order chi connectivity index (χ1) is 15.4. The van der Waals surface area contributed by atoms with Gasteiger partial charge in [0.1, 0.15) is 29.9 Å². The molecule has 7 N–H and O–H groups in total. The summed E-state index contributed by atoms with van der Waals surface area (Å²) in [7, 11) is 0. The van der Waals surface area contributed by atoms with Gasteiger partial charge in [-0.2, -0.15) is 0 Å². The molecule has 6 atom stereocenters. The van der Waals surface area contributed by atoms with Crippen LogP contribution in [0.25, 0.3) is 0 Å². The number of nitrogens with two attached hydrogens (primary N) is 1. The number of unbranched alkanes of at least 4 members (excludes halogenated alkanes) is 11. The Labute approximate surface area is 197 Å². The number of rotatable bonds is 18. The van der Waals surface area contributed by atoms with Crippen molar-refractivity contribution in [3.05, 3.63) is 0 Å². The fourth-order valence-electron chi connectivity index (χ4n) is 3.79. The van der Waals surface area contributed by atoms with E-state index >= 15 is 0 Å². The van der Waals surface area contributed by atoms with Gasteiger partial charge in [0.25, 0.3) is 0 Å². The van der Waals surface area contributed by atoms with E-state index in [1.54, 1.807) is 0 Å². The summed E-state index contributed by atoms with van der Waals surface area (Å²) < 4.78 is 5.41. The average molecular weight is 479 g/mol. The van der Waals surface area contributed by atoms with Crippen molar-refractivity contribution in [1.29, 1.82) is 0 Å². The van der Waals surface area contributed by atoms with E-state index in [0.717, 1.165) is 24.6 Å². The van der Waals surface area contributed by atoms with Gasteiger partial charge in [-0.05, 0) is 6.42 Å². The molecule has 32 heavy (non-hydrogen) atoms. The zero-order chi connectivity index (χ0) is 23.8. The van der Waals surface area contributed by atoms with Gasteiger partial charge < -0.3 is 36.2 Å². The first-order valence-electron chi connectivity index (χ1n) is 12.4. The molecular weight excluding hydrogens is 432 g/mol. The second-order valence-electron chi connectivity index (χ2n) is 8.82. The molecule has 0 aromatic heterocycles. The minimum Gasteiger partial charge on any atom is -0.394 e. The predicted octanol–water partition coefficient (Wildman–Crippen LogP) is 1.66. The van der Waals surface area contributed by atoms with E-state index in [1.807, 2.05) is 0 Å². The second kappa shape index (κ2) is 18.0. The SMILES string of the molecule is CCCCCCCCCCCCCCNC(=O)[C@@H](N)CS[C@@H]1O[C@H](CO)[C@H](O)[C@H](O)[C@H]1O. The summed E-state index contributed by atoms with van der Waals surface area (Å²) in [6, 6.07) is -0.773. The first-order valence-corrected chi connectivity index (χ1v) is 13.4. The normalized spacial score (nSPS) is 26.8. The first kappa shape index (κ1) is 29.6. The third-order valence-corrected chi connectivity index (χ3v) is 7.22. The summed E-state index contributed by atoms with van der Waals surface area (Å²) in [5.74, 6) is -0.0716. The van der Waals surface area contributed by atoms with Crippen LogP contribution in [0.15, 0.2) is 0 Å². The van der Waals surface area contributed by atoms with Crippen molar-refractivity contribution in [3.63, 3.8) is 0 Å². The number of hydrogen-bond acceptors (Lipinski definition) is 8. The molecule has 1 heterocycles. The van der Waals surface area contributed by atoms with Crippen molar-refractivity contribution in [3.8, 4) is 0 Å². The van der Waals surface area contributed by atoms with Crippen LogP contribution in [-0.2, 0) is 9.53 Å². The monoisotopic (exact) mass is 478 g/mol. The van der Waals surface area contributed by atoms with Gasteiger partial charge in [-0.15, -0.1) is 11.8 Å². The molecule has 0 aromatic carbocycles. The molecule has 190 valence electrons. The molecule has 1 rings (SSSR count). The second-order valence-corrected chi connectivity index (χ2v) is 9.95. The average Bonchev–Trinajstić information content (AvgIpc) is 2.79. The van der Waals surface area contributed by atoms with Crippen molar-refractivity contribution in [2.75, 3.05) is 18.9 Å². The molecule has 0 spiro atoms. The van der Waals surface area contributed by atoms with Gasteiger partial charge in [-0.1, -0.05) is 77.6 Å². The number of carbonyl (C=O) groups is 1. The predicted molar refractivity (Wildman–Crippen MR) is 128 cm³/mol. The molecule has 0 radical (unpaired) electrons. The van der Waals surface area contributed by atoms with Gasteiger partial charge in [0.05, 0.1) is 12.6 Å². The molecule has 1 aliphatic rings. The largest absolute Gasteiger partial charge is 0.394 e. The van der Waals surface area contributed by atoms with Crippen molar-refractivity contribution < 1.29 is 30.0 Å².